The van der Waals surface area contributed by atoms with E-state index in [4.69, 9.17) is 32.7 Å². The van der Waals surface area contributed by atoms with E-state index >= 15 is 0 Å². The lowest BCUT2D eigenvalue weighted by atomic mass is 10.1. The van der Waals surface area contributed by atoms with Crippen LogP contribution < -0.4 is 10.6 Å². The molecule has 1 fully saturated rings. The van der Waals surface area contributed by atoms with Crippen molar-refractivity contribution in [3.05, 3.63) is 33.8 Å². The van der Waals surface area contributed by atoms with E-state index in [1.54, 1.807) is 13.1 Å². The van der Waals surface area contributed by atoms with Gasteiger partial charge in [-0.15, -0.1) is 24.0 Å². The van der Waals surface area contributed by atoms with Crippen molar-refractivity contribution in [3.8, 4) is 0 Å². The quantitative estimate of drug-likeness (QED) is 0.227. The van der Waals surface area contributed by atoms with Crippen LogP contribution in [0.2, 0.25) is 10.0 Å². The highest BCUT2D eigenvalue weighted by atomic mass is 127. The highest BCUT2D eigenvalue weighted by molar-refractivity contribution is 14.0. The third-order valence-corrected chi connectivity index (χ3v) is 4.42. The van der Waals surface area contributed by atoms with Gasteiger partial charge in [0.25, 0.3) is 0 Å². The average Bonchev–Trinajstić information content (AvgIpc) is 3.08. The molecule has 1 atom stereocenters. The molecule has 1 saturated heterocycles. The summed E-state index contributed by atoms with van der Waals surface area (Å²) >= 11 is 12.0. The minimum Gasteiger partial charge on any atom is -0.381 e. The Bertz CT molecular complexity index is 535. The van der Waals surface area contributed by atoms with Crippen LogP contribution >= 0.6 is 47.2 Å². The number of nitrogens with one attached hydrogen (secondary N) is 2. The first kappa shape index (κ1) is 23.8. The number of hydrogen-bond acceptors (Lipinski definition) is 3. The molecular weight excluding hydrogens is 488 g/mol. The first-order valence-corrected chi connectivity index (χ1v) is 9.48. The third-order valence-electron chi connectivity index (χ3n) is 3.99. The highest BCUT2D eigenvalue weighted by Crippen LogP contribution is 2.19. The van der Waals surface area contributed by atoms with E-state index in [-0.39, 0.29) is 24.0 Å². The fourth-order valence-corrected chi connectivity index (χ4v) is 3.22. The Hall–Kier alpha value is -0.280. The number of nitrogens with zero attached hydrogens (tertiary/aromatic N) is 1. The Morgan fingerprint density at radius 1 is 1.23 bits per heavy atom. The molecule has 1 aromatic rings. The van der Waals surface area contributed by atoms with Crippen molar-refractivity contribution >= 4 is 53.1 Å². The summed E-state index contributed by atoms with van der Waals surface area (Å²) in [6.07, 6.45) is 2.89. The van der Waals surface area contributed by atoms with Gasteiger partial charge < -0.3 is 20.1 Å². The molecule has 1 aliphatic rings. The Kier molecular flexibility index (Phi) is 12.6. The normalized spacial score (nSPS) is 17.0. The second-order valence-electron chi connectivity index (χ2n) is 6.11. The molecule has 2 rings (SSSR count). The Morgan fingerprint density at radius 2 is 1.96 bits per heavy atom. The average molecular weight is 516 g/mol. The van der Waals surface area contributed by atoms with Gasteiger partial charge in [0.2, 0.25) is 0 Å². The van der Waals surface area contributed by atoms with Crippen molar-refractivity contribution in [2.45, 2.75) is 19.3 Å². The minimum absolute atomic E-state index is 0. The van der Waals surface area contributed by atoms with Crippen LogP contribution in [-0.2, 0) is 15.9 Å². The minimum atomic E-state index is 0. The lowest BCUT2D eigenvalue weighted by molar-refractivity contribution is 0.0888. The zero-order valence-electron chi connectivity index (χ0n) is 15.1. The fraction of sp³-hybridized carbons (Fsp3) is 0.611. The summed E-state index contributed by atoms with van der Waals surface area (Å²) < 4.78 is 11.0. The van der Waals surface area contributed by atoms with Crippen molar-refractivity contribution in [3.63, 3.8) is 0 Å². The predicted molar refractivity (Wildman–Crippen MR) is 119 cm³/mol. The summed E-state index contributed by atoms with van der Waals surface area (Å²) in [5, 5.41) is 7.90. The van der Waals surface area contributed by atoms with Crippen molar-refractivity contribution in [2.75, 3.05) is 46.6 Å². The molecular formula is C18H28Cl2IN3O2. The third kappa shape index (κ3) is 9.60. The summed E-state index contributed by atoms with van der Waals surface area (Å²) in [6, 6.07) is 5.60. The van der Waals surface area contributed by atoms with Crippen LogP contribution in [0.4, 0.5) is 0 Å². The molecule has 1 aliphatic heterocycles. The highest BCUT2D eigenvalue weighted by Gasteiger charge is 2.15. The standard InChI is InChI=1S/C18H27Cl2N3O2.HI/c1-21-18(22-5-2-7-24-12-15-4-8-25-13-15)23-6-3-14-9-16(19)11-17(20)10-14;/h9-11,15H,2-8,12-13H2,1H3,(H2,21,22,23);1H. The largest absolute Gasteiger partial charge is 0.381 e. The second-order valence-corrected chi connectivity index (χ2v) is 6.98. The van der Waals surface area contributed by atoms with Crippen LogP contribution in [0.25, 0.3) is 0 Å². The van der Waals surface area contributed by atoms with Gasteiger partial charge in [0.1, 0.15) is 0 Å². The summed E-state index contributed by atoms with van der Waals surface area (Å²) in [5.74, 6) is 1.36. The maximum absolute atomic E-state index is 6.01. The maximum Gasteiger partial charge on any atom is 0.190 e. The van der Waals surface area contributed by atoms with Crippen LogP contribution in [0.5, 0.6) is 0 Å². The van der Waals surface area contributed by atoms with E-state index in [9.17, 15) is 0 Å². The van der Waals surface area contributed by atoms with E-state index in [1.807, 2.05) is 12.1 Å². The molecule has 1 unspecified atom stereocenters. The molecule has 0 aromatic heterocycles. The molecule has 5 nitrogen and oxygen atoms in total. The van der Waals surface area contributed by atoms with Gasteiger partial charge in [-0.25, -0.2) is 0 Å². The number of benzene rings is 1. The molecule has 0 aliphatic carbocycles. The van der Waals surface area contributed by atoms with Crippen molar-refractivity contribution in [1.29, 1.82) is 0 Å². The van der Waals surface area contributed by atoms with Gasteiger partial charge in [0.15, 0.2) is 5.96 Å². The number of ether oxygens (including phenoxy) is 2. The Balaban J connectivity index is 0.00000338. The van der Waals surface area contributed by atoms with Gasteiger partial charge >= 0.3 is 0 Å². The Morgan fingerprint density at radius 3 is 2.62 bits per heavy atom. The van der Waals surface area contributed by atoms with Gasteiger partial charge in [-0.3, -0.25) is 4.99 Å². The van der Waals surface area contributed by atoms with Gasteiger partial charge in [0.05, 0.1) is 13.2 Å². The molecule has 26 heavy (non-hydrogen) atoms. The topological polar surface area (TPSA) is 54.9 Å². The summed E-state index contributed by atoms with van der Waals surface area (Å²) in [6.45, 7) is 4.85. The first-order chi connectivity index (χ1) is 12.2. The molecule has 148 valence electrons. The van der Waals surface area contributed by atoms with E-state index in [0.717, 1.165) is 70.3 Å². The first-order valence-electron chi connectivity index (χ1n) is 8.72. The SMILES string of the molecule is CN=C(NCCCOCC1CCOC1)NCCc1cc(Cl)cc(Cl)c1.I. The van der Waals surface area contributed by atoms with Gasteiger partial charge in [-0.05, 0) is 43.0 Å². The van der Waals surface area contributed by atoms with Crippen LogP contribution in [0.1, 0.15) is 18.4 Å². The second kappa shape index (κ2) is 13.8. The molecule has 0 radical (unpaired) electrons. The number of guanidine groups is 1. The zero-order chi connectivity index (χ0) is 17.9. The number of rotatable bonds is 9. The molecule has 0 spiro atoms. The van der Waals surface area contributed by atoms with Gasteiger partial charge in [-0.1, -0.05) is 23.2 Å². The van der Waals surface area contributed by atoms with Crippen LogP contribution in [0.15, 0.2) is 23.2 Å². The molecule has 0 bridgehead atoms. The van der Waals surface area contributed by atoms with Gasteiger partial charge in [0, 0.05) is 49.3 Å². The van der Waals surface area contributed by atoms with Gasteiger partial charge in [-0.2, -0.15) is 0 Å². The van der Waals surface area contributed by atoms with Crippen molar-refractivity contribution in [1.82, 2.24) is 10.6 Å². The smallest absolute Gasteiger partial charge is 0.190 e. The molecule has 0 saturated carbocycles. The van der Waals surface area contributed by atoms with E-state index in [2.05, 4.69) is 15.6 Å². The van der Waals surface area contributed by atoms with Crippen LogP contribution in [-0.4, -0.2) is 52.5 Å². The number of hydrogen-bond donors (Lipinski definition) is 2. The summed E-state index contributed by atoms with van der Waals surface area (Å²) in [4.78, 5) is 4.22. The Labute approximate surface area is 183 Å². The zero-order valence-corrected chi connectivity index (χ0v) is 18.9. The molecule has 0 amide bonds. The molecule has 8 heteroatoms. The van der Waals surface area contributed by atoms with Crippen LogP contribution in [0.3, 0.4) is 0 Å². The number of halogens is 3. The fourth-order valence-electron chi connectivity index (χ4n) is 2.65. The molecule has 1 heterocycles. The summed E-state index contributed by atoms with van der Waals surface area (Å²) in [7, 11) is 1.77. The predicted octanol–water partition coefficient (Wildman–Crippen LogP) is 3.76. The van der Waals surface area contributed by atoms with Crippen LogP contribution in [0, 0.1) is 5.92 Å². The summed E-state index contributed by atoms with van der Waals surface area (Å²) in [5.41, 5.74) is 1.10. The van der Waals surface area contributed by atoms with E-state index < -0.39 is 0 Å². The molecule has 2 N–H and O–H groups in total. The van der Waals surface area contributed by atoms with Crippen molar-refractivity contribution < 1.29 is 9.47 Å². The van der Waals surface area contributed by atoms with E-state index in [1.165, 1.54) is 0 Å². The number of aliphatic imine (C=N–C) groups is 1. The molecule has 1 aromatic carbocycles. The maximum atomic E-state index is 6.01. The van der Waals surface area contributed by atoms with Crippen molar-refractivity contribution in [2.24, 2.45) is 10.9 Å². The van der Waals surface area contributed by atoms with E-state index in [0.29, 0.717) is 16.0 Å². The lowest BCUT2D eigenvalue weighted by Gasteiger charge is -2.13. The lowest BCUT2D eigenvalue weighted by Crippen LogP contribution is -2.39. The monoisotopic (exact) mass is 515 g/mol.